The molecule has 4 N–H and O–H groups in total. The fraction of sp³-hybridized carbons (Fsp3) is 0.500. The Bertz CT molecular complexity index is 692. The molecule has 0 radical (unpaired) electrons. The molecule has 21 heavy (non-hydrogen) atoms. The fourth-order valence-electron chi connectivity index (χ4n) is 2.74. The van der Waals surface area contributed by atoms with Gasteiger partial charge in [0, 0.05) is 6.04 Å². The van der Waals surface area contributed by atoms with Crippen molar-refractivity contribution in [2.75, 3.05) is 17.7 Å². The molecule has 1 aliphatic carbocycles. The summed E-state index contributed by atoms with van der Waals surface area (Å²) in [5.74, 6) is 0.823. The van der Waals surface area contributed by atoms with E-state index in [2.05, 4.69) is 26.3 Å². The van der Waals surface area contributed by atoms with Crippen LogP contribution in [0.1, 0.15) is 26.7 Å². The van der Waals surface area contributed by atoms with Crippen LogP contribution in [0.15, 0.2) is 18.5 Å². The van der Waals surface area contributed by atoms with E-state index in [4.69, 9.17) is 5.73 Å². The number of allylic oxidation sites excluding steroid dienone is 1. The first-order chi connectivity index (χ1) is 10.1. The lowest BCUT2D eigenvalue weighted by atomic mass is 10.00. The van der Waals surface area contributed by atoms with Crippen LogP contribution in [-0.2, 0) is 5.54 Å². The van der Waals surface area contributed by atoms with Gasteiger partial charge < -0.3 is 20.7 Å². The van der Waals surface area contributed by atoms with E-state index < -0.39 is 5.54 Å². The molecule has 0 spiro atoms. The van der Waals surface area contributed by atoms with Crippen LogP contribution in [-0.4, -0.2) is 37.3 Å². The standard InChI is InChI=1S/C14H20N6O/c1-9(2)17-11-10-12(19-13(15)18-11)20(8-16-10)14(7-21)5-3-4-6-14/h3,5,8-9,21H,4,6-7H2,1-2H3,(H3,15,17,18,19). The molecule has 0 aromatic carbocycles. The number of fused-ring (bicyclic) bond motifs is 1. The molecule has 0 bridgehead atoms. The van der Waals surface area contributed by atoms with E-state index in [1.807, 2.05) is 24.5 Å². The van der Waals surface area contributed by atoms with Gasteiger partial charge in [0.1, 0.15) is 0 Å². The minimum atomic E-state index is -0.482. The molecule has 0 saturated carbocycles. The maximum absolute atomic E-state index is 9.84. The lowest BCUT2D eigenvalue weighted by Gasteiger charge is -2.27. The van der Waals surface area contributed by atoms with Crippen molar-refractivity contribution in [2.45, 2.75) is 38.3 Å². The number of aromatic nitrogens is 4. The highest BCUT2D eigenvalue weighted by Gasteiger charge is 2.33. The normalized spacial score (nSPS) is 21.5. The molecule has 2 aromatic rings. The Morgan fingerprint density at radius 2 is 2.29 bits per heavy atom. The SMILES string of the molecule is CC(C)Nc1nc(N)nc2c1ncn2C1(CO)C=CCC1. The highest BCUT2D eigenvalue weighted by Crippen LogP contribution is 2.34. The molecule has 1 atom stereocenters. The molecule has 112 valence electrons. The summed E-state index contributed by atoms with van der Waals surface area (Å²) in [5.41, 5.74) is 6.66. The molecule has 2 aromatic heterocycles. The zero-order valence-corrected chi connectivity index (χ0v) is 12.2. The Morgan fingerprint density at radius 3 is 2.90 bits per heavy atom. The summed E-state index contributed by atoms with van der Waals surface area (Å²) in [5, 5.41) is 13.1. The second-order valence-corrected chi connectivity index (χ2v) is 5.72. The van der Waals surface area contributed by atoms with Crippen molar-refractivity contribution < 1.29 is 5.11 Å². The first kappa shape index (κ1) is 13.8. The number of anilines is 2. The van der Waals surface area contributed by atoms with Crippen molar-refractivity contribution in [3.63, 3.8) is 0 Å². The first-order valence-electron chi connectivity index (χ1n) is 7.12. The molecule has 0 amide bonds. The molecule has 7 heteroatoms. The van der Waals surface area contributed by atoms with Gasteiger partial charge in [-0.25, -0.2) is 4.98 Å². The zero-order valence-electron chi connectivity index (χ0n) is 12.2. The van der Waals surface area contributed by atoms with Gasteiger partial charge in [-0.3, -0.25) is 0 Å². The van der Waals surface area contributed by atoms with Crippen molar-refractivity contribution in [1.82, 2.24) is 19.5 Å². The van der Waals surface area contributed by atoms with E-state index >= 15 is 0 Å². The lowest BCUT2D eigenvalue weighted by molar-refractivity contribution is 0.174. The molecule has 2 heterocycles. The van der Waals surface area contributed by atoms with E-state index in [9.17, 15) is 5.11 Å². The highest BCUT2D eigenvalue weighted by molar-refractivity contribution is 5.84. The van der Waals surface area contributed by atoms with E-state index in [1.165, 1.54) is 0 Å². The number of hydrogen-bond donors (Lipinski definition) is 3. The van der Waals surface area contributed by atoms with Crippen molar-refractivity contribution in [3.05, 3.63) is 18.5 Å². The predicted molar refractivity (Wildman–Crippen MR) is 81.9 cm³/mol. The van der Waals surface area contributed by atoms with Crippen molar-refractivity contribution in [1.29, 1.82) is 0 Å². The average Bonchev–Trinajstić information content (AvgIpc) is 3.04. The number of nitrogen functional groups attached to an aromatic ring is 1. The molecule has 0 fully saturated rings. The van der Waals surface area contributed by atoms with Gasteiger partial charge in [0.05, 0.1) is 18.5 Å². The number of rotatable bonds is 4. The molecule has 1 unspecified atom stereocenters. The van der Waals surface area contributed by atoms with Gasteiger partial charge in [-0.2, -0.15) is 9.97 Å². The maximum atomic E-state index is 9.84. The molecular formula is C14H20N6O. The quantitative estimate of drug-likeness (QED) is 0.732. The minimum Gasteiger partial charge on any atom is -0.394 e. The van der Waals surface area contributed by atoms with Crippen LogP contribution in [0.3, 0.4) is 0 Å². The van der Waals surface area contributed by atoms with Crippen molar-refractivity contribution in [3.8, 4) is 0 Å². The minimum absolute atomic E-state index is 0.00576. The predicted octanol–water partition coefficient (Wildman–Crippen LogP) is 1.27. The summed E-state index contributed by atoms with van der Waals surface area (Å²) in [7, 11) is 0. The monoisotopic (exact) mass is 288 g/mol. The van der Waals surface area contributed by atoms with Gasteiger partial charge in [-0.05, 0) is 26.7 Å². The molecule has 0 saturated heterocycles. The second kappa shape index (κ2) is 5.00. The summed E-state index contributed by atoms with van der Waals surface area (Å²) in [6.07, 6.45) is 7.54. The van der Waals surface area contributed by atoms with Gasteiger partial charge in [0.25, 0.3) is 0 Å². The van der Waals surface area contributed by atoms with Gasteiger partial charge in [-0.15, -0.1) is 0 Å². The Labute approximate surface area is 122 Å². The van der Waals surface area contributed by atoms with Crippen LogP contribution in [0, 0.1) is 0 Å². The van der Waals surface area contributed by atoms with Gasteiger partial charge in [0.2, 0.25) is 5.95 Å². The third-order valence-electron chi connectivity index (χ3n) is 3.76. The number of aliphatic hydroxyl groups excluding tert-OH is 1. The van der Waals surface area contributed by atoms with E-state index in [0.717, 1.165) is 12.8 Å². The summed E-state index contributed by atoms with van der Waals surface area (Å²) in [4.78, 5) is 13.0. The molecule has 7 nitrogen and oxygen atoms in total. The Hall–Kier alpha value is -2.15. The number of imidazole rings is 1. The summed E-state index contributed by atoms with van der Waals surface area (Å²) >= 11 is 0. The van der Waals surface area contributed by atoms with Gasteiger partial charge in [-0.1, -0.05) is 12.2 Å². The van der Waals surface area contributed by atoms with Crippen LogP contribution in [0.2, 0.25) is 0 Å². The highest BCUT2D eigenvalue weighted by atomic mass is 16.3. The van der Waals surface area contributed by atoms with Crippen molar-refractivity contribution >= 4 is 22.9 Å². The molecule has 0 aliphatic heterocycles. The van der Waals surface area contributed by atoms with Gasteiger partial charge in [0.15, 0.2) is 17.0 Å². The summed E-state index contributed by atoms with van der Waals surface area (Å²) in [6.45, 7) is 4.05. The third kappa shape index (κ3) is 2.23. The van der Waals surface area contributed by atoms with E-state index in [-0.39, 0.29) is 18.6 Å². The van der Waals surface area contributed by atoms with Crippen LogP contribution in [0.5, 0.6) is 0 Å². The summed E-state index contributed by atoms with van der Waals surface area (Å²) in [6, 6.07) is 0.214. The summed E-state index contributed by atoms with van der Waals surface area (Å²) < 4.78 is 1.90. The largest absolute Gasteiger partial charge is 0.394 e. The number of nitrogens with zero attached hydrogens (tertiary/aromatic N) is 4. The lowest BCUT2D eigenvalue weighted by Crippen LogP contribution is -2.33. The topological polar surface area (TPSA) is 102 Å². The molecule has 1 aliphatic rings. The van der Waals surface area contributed by atoms with Crippen LogP contribution in [0.4, 0.5) is 11.8 Å². The Balaban J connectivity index is 2.18. The Kier molecular flexibility index (Phi) is 3.29. The second-order valence-electron chi connectivity index (χ2n) is 5.72. The van der Waals surface area contributed by atoms with Crippen LogP contribution in [0.25, 0.3) is 11.2 Å². The fourth-order valence-corrected chi connectivity index (χ4v) is 2.74. The first-order valence-corrected chi connectivity index (χ1v) is 7.12. The number of nitrogens with one attached hydrogen (secondary N) is 1. The number of aliphatic hydroxyl groups is 1. The van der Waals surface area contributed by atoms with Crippen molar-refractivity contribution in [2.24, 2.45) is 0 Å². The smallest absolute Gasteiger partial charge is 0.224 e. The van der Waals surface area contributed by atoms with E-state index in [0.29, 0.717) is 17.0 Å². The van der Waals surface area contributed by atoms with Crippen LogP contribution >= 0.6 is 0 Å². The van der Waals surface area contributed by atoms with Gasteiger partial charge >= 0.3 is 0 Å². The zero-order chi connectivity index (χ0) is 15.0. The molecular weight excluding hydrogens is 268 g/mol. The maximum Gasteiger partial charge on any atom is 0.224 e. The average molecular weight is 288 g/mol. The van der Waals surface area contributed by atoms with E-state index in [1.54, 1.807) is 6.33 Å². The third-order valence-corrected chi connectivity index (χ3v) is 3.76. The molecule has 3 rings (SSSR count). The van der Waals surface area contributed by atoms with Crippen LogP contribution < -0.4 is 11.1 Å². The number of nitrogens with two attached hydrogens (primary N) is 1. The Morgan fingerprint density at radius 1 is 1.48 bits per heavy atom. The number of hydrogen-bond acceptors (Lipinski definition) is 6.